The Morgan fingerprint density at radius 1 is 1.32 bits per heavy atom. The molecule has 0 aromatic heterocycles. The van der Waals surface area contributed by atoms with Gasteiger partial charge < -0.3 is 10.1 Å². The highest BCUT2D eigenvalue weighted by Gasteiger charge is 2.23. The van der Waals surface area contributed by atoms with Crippen molar-refractivity contribution in [2.75, 3.05) is 30.3 Å². The van der Waals surface area contributed by atoms with Gasteiger partial charge in [0.25, 0.3) is 0 Å². The number of fused-ring (bicyclic) bond motifs is 1. The quantitative estimate of drug-likeness (QED) is 0.890. The Labute approximate surface area is 131 Å². The molecule has 1 saturated heterocycles. The largest absolute Gasteiger partial charge is 0.488 e. The number of thioether (sulfide) groups is 2. The molecule has 0 amide bonds. The van der Waals surface area contributed by atoms with Crippen molar-refractivity contribution in [3.63, 3.8) is 0 Å². The highest BCUT2D eigenvalue weighted by Crippen LogP contribution is 2.31. The average Bonchev–Trinajstić information content (AvgIpc) is 2.82. The molecular weight excluding hydrogens is 342 g/mol. The van der Waals surface area contributed by atoms with Gasteiger partial charge in [0.15, 0.2) is 0 Å². The normalized spacial score (nSPS) is 25.9. The first-order chi connectivity index (χ1) is 9.31. The highest BCUT2D eigenvalue weighted by atomic mass is 79.9. The van der Waals surface area contributed by atoms with Crippen LogP contribution in [0.1, 0.15) is 5.56 Å². The maximum Gasteiger partial charge on any atom is 0.123 e. The van der Waals surface area contributed by atoms with Gasteiger partial charge in [0, 0.05) is 46.5 Å². The molecule has 2 heterocycles. The van der Waals surface area contributed by atoms with Crippen molar-refractivity contribution in [3.8, 4) is 5.75 Å². The van der Waals surface area contributed by atoms with Crippen LogP contribution in [0.25, 0.3) is 0 Å². The fourth-order valence-electron chi connectivity index (χ4n) is 2.46. The summed E-state index contributed by atoms with van der Waals surface area (Å²) in [5.41, 5.74) is 1.32. The first-order valence-corrected chi connectivity index (χ1v) is 9.66. The summed E-state index contributed by atoms with van der Waals surface area (Å²) in [7, 11) is 0. The molecule has 0 saturated carbocycles. The molecule has 1 aromatic carbocycles. The van der Waals surface area contributed by atoms with E-state index in [4.69, 9.17) is 4.74 Å². The van der Waals surface area contributed by atoms with E-state index in [2.05, 4.69) is 56.9 Å². The molecule has 2 unspecified atom stereocenters. The van der Waals surface area contributed by atoms with Crippen LogP contribution in [0.2, 0.25) is 0 Å². The Hall–Kier alpha value is 0.160. The van der Waals surface area contributed by atoms with Crippen LogP contribution in [0.3, 0.4) is 0 Å². The highest BCUT2D eigenvalue weighted by molar-refractivity contribution is 9.10. The lowest BCUT2D eigenvalue weighted by Gasteiger charge is -2.22. The lowest BCUT2D eigenvalue weighted by molar-refractivity contribution is 0.228. The van der Waals surface area contributed by atoms with Gasteiger partial charge in [-0.3, -0.25) is 0 Å². The molecule has 0 radical (unpaired) electrons. The number of hydrogen-bond acceptors (Lipinski definition) is 4. The van der Waals surface area contributed by atoms with Gasteiger partial charge in [-0.1, -0.05) is 15.9 Å². The third kappa shape index (κ3) is 3.84. The van der Waals surface area contributed by atoms with Crippen molar-refractivity contribution in [2.45, 2.75) is 17.8 Å². The molecule has 104 valence electrons. The van der Waals surface area contributed by atoms with E-state index < -0.39 is 0 Å². The Morgan fingerprint density at radius 2 is 2.26 bits per heavy atom. The third-order valence-corrected chi connectivity index (χ3v) is 6.73. The second-order valence-electron chi connectivity index (χ2n) is 4.92. The molecule has 3 rings (SSSR count). The summed E-state index contributed by atoms with van der Waals surface area (Å²) >= 11 is 7.70. The van der Waals surface area contributed by atoms with E-state index in [1.54, 1.807) is 0 Å². The molecule has 1 fully saturated rings. The maximum atomic E-state index is 5.96. The Kier molecular flexibility index (Phi) is 5.01. The zero-order valence-corrected chi connectivity index (χ0v) is 14.0. The van der Waals surface area contributed by atoms with Crippen LogP contribution in [-0.2, 0) is 6.42 Å². The maximum absolute atomic E-state index is 5.96. The molecule has 1 aromatic rings. The second kappa shape index (κ2) is 6.74. The lowest BCUT2D eigenvalue weighted by atomic mass is 10.1. The predicted molar refractivity (Wildman–Crippen MR) is 88.7 cm³/mol. The SMILES string of the molecule is Brc1ccc2c(c1)CC(CNCC1CSCCS1)O2. The molecule has 2 nitrogen and oxygen atoms in total. The predicted octanol–water partition coefficient (Wildman–Crippen LogP) is 3.19. The minimum absolute atomic E-state index is 0.297. The van der Waals surface area contributed by atoms with Crippen molar-refractivity contribution in [3.05, 3.63) is 28.2 Å². The molecule has 1 N–H and O–H groups in total. The summed E-state index contributed by atoms with van der Waals surface area (Å²) in [6, 6.07) is 6.28. The van der Waals surface area contributed by atoms with Crippen molar-refractivity contribution in [1.29, 1.82) is 0 Å². The van der Waals surface area contributed by atoms with E-state index in [9.17, 15) is 0 Å². The van der Waals surface area contributed by atoms with Crippen LogP contribution < -0.4 is 10.1 Å². The minimum Gasteiger partial charge on any atom is -0.488 e. The fraction of sp³-hybridized carbons (Fsp3) is 0.571. The summed E-state index contributed by atoms with van der Waals surface area (Å²) < 4.78 is 7.09. The van der Waals surface area contributed by atoms with Crippen LogP contribution in [0.15, 0.2) is 22.7 Å². The van der Waals surface area contributed by atoms with Gasteiger partial charge in [-0.25, -0.2) is 0 Å². The van der Waals surface area contributed by atoms with Crippen LogP contribution in [-0.4, -0.2) is 41.7 Å². The van der Waals surface area contributed by atoms with Crippen LogP contribution in [0.5, 0.6) is 5.75 Å². The smallest absolute Gasteiger partial charge is 0.123 e. The average molecular weight is 360 g/mol. The monoisotopic (exact) mass is 359 g/mol. The number of ether oxygens (including phenoxy) is 1. The molecule has 0 aliphatic carbocycles. The summed E-state index contributed by atoms with van der Waals surface area (Å²) in [5, 5.41) is 4.35. The molecule has 2 aliphatic rings. The molecule has 19 heavy (non-hydrogen) atoms. The van der Waals surface area contributed by atoms with Gasteiger partial charge in [0.2, 0.25) is 0 Å². The van der Waals surface area contributed by atoms with Crippen molar-refractivity contribution in [2.24, 2.45) is 0 Å². The zero-order chi connectivity index (χ0) is 13.1. The Balaban J connectivity index is 1.43. The minimum atomic E-state index is 0.297. The topological polar surface area (TPSA) is 21.3 Å². The number of nitrogens with one attached hydrogen (secondary N) is 1. The molecule has 0 spiro atoms. The van der Waals surface area contributed by atoms with E-state index >= 15 is 0 Å². The van der Waals surface area contributed by atoms with Crippen LogP contribution >= 0.6 is 39.5 Å². The van der Waals surface area contributed by atoms with Gasteiger partial charge >= 0.3 is 0 Å². The van der Waals surface area contributed by atoms with Crippen LogP contribution in [0, 0.1) is 0 Å². The van der Waals surface area contributed by atoms with E-state index in [1.807, 2.05) is 6.07 Å². The number of benzene rings is 1. The molecular formula is C14H18BrNOS2. The first-order valence-electron chi connectivity index (χ1n) is 6.66. The molecule has 2 atom stereocenters. The summed E-state index contributed by atoms with van der Waals surface area (Å²) in [6.07, 6.45) is 1.32. The zero-order valence-electron chi connectivity index (χ0n) is 10.7. The number of halogens is 1. The first kappa shape index (κ1) is 14.1. The van der Waals surface area contributed by atoms with E-state index in [-0.39, 0.29) is 0 Å². The van der Waals surface area contributed by atoms with Gasteiger partial charge in [0.05, 0.1) is 0 Å². The molecule has 2 aliphatic heterocycles. The van der Waals surface area contributed by atoms with Gasteiger partial charge in [-0.05, 0) is 23.8 Å². The summed E-state index contributed by atoms with van der Waals surface area (Å²) in [5.74, 6) is 4.96. The molecule has 5 heteroatoms. The summed E-state index contributed by atoms with van der Waals surface area (Å²) in [4.78, 5) is 0. The number of rotatable bonds is 4. The van der Waals surface area contributed by atoms with Crippen LogP contribution in [0.4, 0.5) is 0 Å². The van der Waals surface area contributed by atoms with E-state index in [0.717, 1.165) is 35.0 Å². The van der Waals surface area contributed by atoms with Crippen molar-refractivity contribution < 1.29 is 4.74 Å². The lowest BCUT2D eigenvalue weighted by Crippen LogP contribution is -2.36. The Bertz CT molecular complexity index is 437. The molecule has 0 bridgehead atoms. The van der Waals surface area contributed by atoms with Crippen molar-refractivity contribution >= 4 is 39.5 Å². The van der Waals surface area contributed by atoms with Crippen molar-refractivity contribution in [1.82, 2.24) is 5.32 Å². The fourth-order valence-corrected chi connectivity index (χ4v) is 5.52. The van der Waals surface area contributed by atoms with E-state index in [0.29, 0.717) is 6.10 Å². The van der Waals surface area contributed by atoms with E-state index in [1.165, 1.54) is 22.8 Å². The summed E-state index contributed by atoms with van der Waals surface area (Å²) in [6.45, 7) is 2.06. The van der Waals surface area contributed by atoms with Gasteiger partial charge in [0.1, 0.15) is 11.9 Å². The number of hydrogen-bond donors (Lipinski definition) is 1. The third-order valence-electron chi connectivity index (χ3n) is 3.39. The Morgan fingerprint density at radius 3 is 3.11 bits per heavy atom. The second-order valence-corrected chi connectivity index (χ2v) is 8.40. The van der Waals surface area contributed by atoms with Gasteiger partial charge in [-0.15, -0.1) is 0 Å². The standard InChI is InChI=1S/C14H18BrNOS2/c15-11-1-2-14-10(5-11)6-12(17-14)7-16-8-13-9-18-3-4-19-13/h1-2,5,12-13,16H,3-4,6-9H2. The van der Waals surface area contributed by atoms with Gasteiger partial charge in [-0.2, -0.15) is 23.5 Å².